The van der Waals surface area contributed by atoms with E-state index in [9.17, 15) is 9.59 Å². The molecule has 0 fully saturated rings. The summed E-state index contributed by atoms with van der Waals surface area (Å²) in [6, 6.07) is 16.6. The lowest BCUT2D eigenvalue weighted by Gasteiger charge is -2.08. The number of nitrogens with one attached hydrogen (secondary N) is 2. The van der Waals surface area contributed by atoms with Gasteiger partial charge in [0.05, 0.1) is 0 Å². The summed E-state index contributed by atoms with van der Waals surface area (Å²) in [5, 5.41) is 5.37. The van der Waals surface area contributed by atoms with Crippen molar-refractivity contribution in [3.63, 3.8) is 0 Å². The third kappa shape index (κ3) is 7.39. The molecule has 132 valence electrons. The Morgan fingerprint density at radius 1 is 0.880 bits per heavy atom. The lowest BCUT2D eigenvalue weighted by atomic mass is 10.2. The van der Waals surface area contributed by atoms with Crippen LogP contribution in [0, 0.1) is 0 Å². The zero-order valence-electron chi connectivity index (χ0n) is 14.0. The number of unbranched alkanes of at least 4 members (excludes halogenated alkanes) is 1. The first-order valence-corrected chi connectivity index (χ1v) is 8.25. The standard InChI is InChI=1S/C19H23N3O3/c20-19(24)21-13-5-4-8-18(23)22-14-15-9-11-17(12-10-15)25-16-6-2-1-3-7-16/h1-3,6-7,9-12H,4-5,8,13-14H2,(H,22,23)(H3,20,21,24). The largest absolute Gasteiger partial charge is 0.457 e. The van der Waals surface area contributed by atoms with Crippen LogP contribution < -0.4 is 21.1 Å². The van der Waals surface area contributed by atoms with Crippen molar-refractivity contribution in [1.29, 1.82) is 0 Å². The van der Waals surface area contributed by atoms with Gasteiger partial charge in [0.15, 0.2) is 0 Å². The Morgan fingerprint density at radius 2 is 1.56 bits per heavy atom. The van der Waals surface area contributed by atoms with Gasteiger partial charge in [-0.2, -0.15) is 0 Å². The quantitative estimate of drug-likeness (QED) is 0.612. The van der Waals surface area contributed by atoms with Crippen LogP contribution in [0.15, 0.2) is 54.6 Å². The molecule has 0 aliphatic carbocycles. The molecule has 2 aromatic rings. The number of ether oxygens (including phenoxy) is 1. The Hall–Kier alpha value is -3.02. The number of hydrogen-bond donors (Lipinski definition) is 3. The maximum atomic E-state index is 11.8. The van der Waals surface area contributed by atoms with Gasteiger partial charge in [0.25, 0.3) is 0 Å². The molecule has 0 saturated carbocycles. The van der Waals surface area contributed by atoms with E-state index in [0.717, 1.165) is 23.5 Å². The number of nitrogens with two attached hydrogens (primary N) is 1. The summed E-state index contributed by atoms with van der Waals surface area (Å²) in [6.07, 6.45) is 1.85. The molecule has 0 radical (unpaired) electrons. The second-order valence-electron chi connectivity index (χ2n) is 5.58. The Labute approximate surface area is 147 Å². The van der Waals surface area contributed by atoms with Crippen LogP contribution in [0.25, 0.3) is 0 Å². The van der Waals surface area contributed by atoms with Crippen molar-refractivity contribution < 1.29 is 14.3 Å². The van der Waals surface area contributed by atoms with Crippen molar-refractivity contribution in [1.82, 2.24) is 10.6 Å². The molecule has 2 rings (SSSR count). The number of rotatable bonds is 9. The summed E-state index contributed by atoms with van der Waals surface area (Å²) < 4.78 is 5.73. The first-order chi connectivity index (χ1) is 12.1. The molecule has 2 aromatic carbocycles. The monoisotopic (exact) mass is 341 g/mol. The average molecular weight is 341 g/mol. The predicted molar refractivity (Wildman–Crippen MR) is 96.2 cm³/mol. The molecule has 0 aliphatic rings. The Kier molecular flexibility index (Phi) is 7.31. The van der Waals surface area contributed by atoms with Gasteiger partial charge in [0.1, 0.15) is 11.5 Å². The summed E-state index contributed by atoms with van der Waals surface area (Å²) in [7, 11) is 0. The molecule has 4 N–H and O–H groups in total. The van der Waals surface area contributed by atoms with Crippen molar-refractivity contribution in [2.75, 3.05) is 6.54 Å². The predicted octanol–water partition coefficient (Wildman–Crippen LogP) is 2.93. The van der Waals surface area contributed by atoms with Crippen molar-refractivity contribution in [3.8, 4) is 11.5 Å². The van der Waals surface area contributed by atoms with Crippen molar-refractivity contribution in [2.45, 2.75) is 25.8 Å². The van der Waals surface area contributed by atoms with Crippen molar-refractivity contribution >= 4 is 11.9 Å². The van der Waals surface area contributed by atoms with E-state index in [1.54, 1.807) is 0 Å². The number of primary amides is 1. The van der Waals surface area contributed by atoms with Crippen LogP contribution in [0.3, 0.4) is 0 Å². The van der Waals surface area contributed by atoms with Crippen molar-refractivity contribution in [3.05, 3.63) is 60.2 Å². The van der Waals surface area contributed by atoms with Crippen LogP contribution in [0.4, 0.5) is 4.79 Å². The molecule has 0 heterocycles. The highest BCUT2D eigenvalue weighted by molar-refractivity contribution is 5.75. The first kappa shape index (κ1) is 18.3. The average Bonchev–Trinajstić information content (AvgIpc) is 2.61. The van der Waals surface area contributed by atoms with E-state index >= 15 is 0 Å². The van der Waals surface area contributed by atoms with Crippen LogP contribution in [0.1, 0.15) is 24.8 Å². The molecular formula is C19H23N3O3. The molecule has 6 heteroatoms. The van der Waals surface area contributed by atoms with E-state index in [2.05, 4.69) is 10.6 Å². The number of carbonyl (C=O) groups excluding carboxylic acids is 2. The fourth-order valence-electron chi connectivity index (χ4n) is 2.21. The van der Waals surface area contributed by atoms with Gasteiger partial charge in [-0.1, -0.05) is 30.3 Å². The van der Waals surface area contributed by atoms with E-state index in [0.29, 0.717) is 25.9 Å². The van der Waals surface area contributed by atoms with Crippen LogP contribution >= 0.6 is 0 Å². The van der Waals surface area contributed by atoms with Crippen LogP contribution in [0.2, 0.25) is 0 Å². The molecule has 6 nitrogen and oxygen atoms in total. The fraction of sp³-hybridized carbons (Fsp3) is 0.263. The number of hydrogen-bond acceptors (Lipinski definition) is 3. The number of carbonyl (C=O) groups is 2. The highest BCUT2D eigenvalue weighted by Gasteiger charge is 2.02. The minimum atomic E-state index is -0.538. The summed E-state index contributed by atoms with van der Waals surface area (Å²) in [6.45, 7) is 0.968. The molecule has 0 bridgehead atoms. The topological polar surface area (TPSA) is 93.5 Å². The lowest BCUT2D eigenvalue weighted by Crippen LogP contribution is -2.30. The maximum Gasteiger partial charge on any atom is 0.312 e. The molecule has 0 aliphatic heterocycles. The van der Waals surface area contributed by atoms with Gasteiger partial charge in [-0.25, -0.2) is 4.79 Å². The first-order valence-electron chi connectivity index (χ1n) is 8.25. The van der Waals surface area contributed by atoms with Crippen LogP contribution in [-0.4, -0.2) is 18.5 Å². The number of urea groups is 1. The Morgan fingerprint density at radius 3 is 2.24 bits per heavy atom. The summed E-state index contributed by atoms with van der Waals surface area (Å²) in [5.74, 6) is 1.53. The van der Waals surface area contributed by atoms with Crippen LogP contribution in [-0.2, 0) is 11.3 Å². The van der Waals surface area contributed by atoms with Gasteiger partial charge in [0.2, 0.25) is 5.91 Å². The normalized spacial score (nSPS) is 10.1. The maximum absolute atomic E-state index is 11.8. The van der Waals surface area contributed by atoms with Gasteiger partial charge >= 0.3 is 6.03 Å². The Bertz CT molecular complexity index is 672. The number of amides is 3. The second kappa shape index (κ2) is 9.97. The highest BCUT2D eigenvalue weighted by Crippen LogP contribution is 2.21. The minimum Gasteiger partial charge on any atom is -0.457 e. The molecule has 25 heavy (non-hydrogen) atoms. The van der Waals surface area contributed by atoms with E-state index in [1.807, 2.05) is 54.6 Å². The third-order valence-electron chi connectivity index (χ3n) is 3.52. The molecule has 0 saturated heterocycles. The van der Waals surface area contributed by atoms with Gasteiger partial charge in [-0.15, -0.1) is 0 Å². The fourth-order valence-corrected chi connectivity index (χ4v) is 2.21. The lowest BCUT2D eigenvalue weighted by molar-refractivity contribution is -0.121. The number of para-hydroxylation sites is 1. The zero-order chi connectivity index (χ0) is 17.9. The summed E-state index contributed by atoms with van der Waals surface area (Å²) >= 11 is 0. The molecule has 0 aromatic heterocycles. The van der Waals surface area contributed by atoms with E-state index in [1.165, 1.54) is 0 Å². The molecule has 0 unspecified atom stereocenters. The molecular weight excluding hydrogens is 318 g/mol. The van der Waals surface area contributed by atoms with E-state index < -0.39 is 6.03 Å². The van der Waals surface area contributed by atoms with Gasteiger partial charge in [0, 0.05) is 19.5 Å². The zero-order valence-corrected chi connectivity index (χ0v) is 14.0. The second-order valence-corrected chi connectivity index (χ2v) is 5.58. The molecule has 0 spiro atoms. The Balaban J connectivity index is 1.67. The summed E-state index contributed by atoms with van der Waals surface area (Å²) in [5.41, 5.74) is 5.97. The van der Waals surface area contributed by atoms with Gasteiger partial charge in [-0.3, -0.25) is 4.79 Å². The number of benzene rings is 2. The highest BCUT2D eigenvalue weighted by atomic mass is 16.5. The summed E-state index contributed by atoms with van der Waals surface area (Å²) in [4.78, 5) is 22.3. The SMILES string of the molecule is NC(=O)NCCCCC(=O)NCc1ccc(Oc2ccccc2)cc1. The molecule has 3 amide bonds. The van der Waals surface area contributed by atoms with Gasteiger partial charge < -0.3 is 21.1 Å². The van der Waals surface area contributed by atoms with Gasteiger partial charge in [-0.05, 0) is 42.7 Å². The minimum absolute atomic E-state index is 0.0105. The smallest absolute Gasteiger partial charge is 0.312 e. The van der Waals surface area contributed by atoms with E-state index in [4.69, 9.17) is 10.5 Å². The third-order valence-corrected chi connectivity index (χ3v) is 3.52. The van der Waals surface area contributed by atoms with E-state index in [-0.39, 0.29) is 5.91 Å². The molecule has 0 atom stereocenters. The van der Waals surface area contributed by atoms with Crippen LogP contribution in [0.5, 0.6) is 11.5 Å². The van der Waals surface area contributed by atoms with Crippen molar-refractivity contribution in [2.24, 2.45) is 5.73 Å².